The highest BCUT2D eigenvalue weighted by Gasteiger charge is 2.31. The second kappa shape index (κ2) is 9.35. The SMILES string of the molecule is CC(Oc1ccc2c(c1)sc(=O)n2-c1ccc(C(F)(F)F)cc1Cl)C(=O)N(C)c1ccccc1F. The van der Waals surface area contributed by atoms with Crippen molar-refractivity contribution < 1.29 is 27.1 Å². The molecular formula is C24H17ClF4N2O3S. The smallest absolute Gasteiger partial charge is 0.416 e. The fourth-order valence-corrected chi connectivity index (χ4v) is 4.71. The molecule has 1 aromatic heterocycles. The number of aromatic nitrogens is 1. The lowest BCUT2D eigenvalue weighted by Gasteiger charge is -2.22. The highest BCUT2D eigenvalue weighted by molar-refractivity contribution is 7.16. The normalized spacial score (nSPS) is 12.5. The van der Waals surface area contributed by atoms with Crippen LogP contribution in [-0.4, -0.2) is 23.6 Å². The van der Waals surface area contributed by atoms with Crippen molar-refractivity contribution in [2.75, 3.05) is 11.9 Å². The van der Waals surface area contributed by atoms with E-state index in [0.717, 1.165) is 34.4 Å². The molecule has 1 amide bonds. The number of ether oxygens (including phenoxy) is 1. The van der Waals surface area contributed by atoms with Crippen molar-refractivity contribution in [2.45, 2.75) is 19.2 Å². The molecule has 11 heteroatoms. The molecule has 0 fully saturated rings. The number of fused-ring (bicyclic) bond motifs is 1. The number of hydrogen-bond acceptors (Lipinski definition) is 4. The first-order valence-corrected chi connectivity index (χ1v) is 11.4. The Hall–Kier alpha value is -3.37. The van der Waals surface area contributed by atoms with Crippen LogP contribution in [0.4, 0.5) is 23.2 Å². The van der Waals surface area contributed by atoms with E-state index < -0.39 is 34.4 Å². The molecule has 0 aliphatic carbocycles. The van der Waals surface area contributed by atoms with Crippen LogP contribution in [0.5, 0.6) is 5.75 Å². The first kappa shape index (κ1) is 24.7. The molecule has 0 saturated carbocycles. The Labute approximate surface area is 205 Å². The summed E-state index contributed by atoms with van der Waals surface area (Å²) in [4.78, 5) is 26.1. The number of hydrogen-bond donors (Lipinski definition) is 0. The average molecular weight is 525 g/mol. The third kappa shape index (κ3) is 4.89. The van der Waals surface area contributed by atoms with Crippen molar-refractivity contribution in [3.63, 3.8) is 0 Å². The third-order valence-electron chi connectivity index (χ3n) is 5.27. The maximum atomic E-state index is 14.0. The summed E-state index contributed by atoms with van der Waals surface area (Å²) in [7, 11) is 1.43. The van der Waals surface area contributed by atoms with Gasteiger partial charge in [0.1, 0.15) is 11.6 Å². The topological polar surface area (TPSA) is 51.5 Å². The van der Waals surface area contributed by atoms with Crippen molar-refractivity contribution in [1.29, 1.82) is 0 Å². The van der Waals surface area contributed by atoms with Crippen molar-refractivity contribution in [1.82, 2.24) is 4.57 Å². The zero-order valence-electron chi connectivity index (χ0n) is 18.3. The van der Waals surface area contributed by atoms with Crippen LogP contribution >= 0.6 is 22.9 Å². The van der Waals surface area contributed by atoms with Gasteiger partial charge >= 0.3 is 11.0 Å². The summed E-state index contributed by atoms with van der Waals surface area (Å²) in [6.07, 6.45) is -5.54. The average Bonchev–Trinajstić information content (AvgIpc) is 3.12. The molecule has 0 saturated heterocycles. The van der Waals surface area contributed by atoms with E-state index >= 15 is 0 Å². The maximum Gasteiger partial charge on any atom is 0.416 e. The molecule has 4 rings (SSSR count). The summed E-state index contributed by atoms with van der Waals surface area (Å²) in [6.45, 7) is 1.51. The molecule has 1 heterocycles. The Balaban J connectivity index is 1.61. The van der Waals surface area contributed by atoms with Gasteiger partial charge in [-0.25, -0.2) is 4.39 Å². The Bertz CT molecular complexity index is 1480. The molecule has 0 spiro atoms. The number of halogens is 5. The second-order valence-electron chi connectivity index (χ2n) is 7.61. The zero-order valence-corrected chi connectivity index (χ0v) is 19.8. The highest BCUT2D eigenvalue weighted by Crippen LogP contribution is 2.34. The summed E-state index contributed by atoms with van der Waals surface area (Å²) in [5, 5.41) is -0.225. The number of benzene rings is 3. The molecule has 3 aromatic carbocycles. The molecule has 182 valence electrons. The molecule has 35 heavy (non-hydrogen) atoms. The number of amides is 1. The van der Waals surface area contributed by atoms with Gasteiger partial charge in [0.15, 0.2) is 6.10 Å². The van der Waals surface area contributed by atoms with Crippen molar-refractivity contribution >= 4 is 44.7 Å². The number of carbonyl (C=O) groups excluding carboxylic acids is 1. The van der Waals surface area contributed by atoms with Gasteiger partial charge in [0, 0.05) is 7.05 Å². The van der Waals surface area contributed by atoms with E-state index in [9.17, 15) is 27.2 Å². The Kier molecular flexibility index (Phi) is 6.61. The van der Waals surface area contributed by atoms with E-state index in [2.05, 4.69) is 0 Å². The summed E-state index contributed by atoms with van der Waals surface area (Å²) in [5.41, 5.74) is -0.295. The Morgan fingerprint density at radius 3 is 2.49 bits per heavy atom. The summed E-state index contributed by atoms with van der Waals surface area (Å²) < 4.78 is 60.3. The molecule has 5 nitrogen and oxygen atoms in total. The fourth-order valence-electron chi connectivity index (χ4n) is 3.53. The molecule has 1 atom stereocenters. The van der Waals surface area contributed by atoms with Crippen molar-refractivity contribution in [3.05, 3.63) is 86.7 Å². The van der Waals surface area contributed by atoms with Crippen LogP contribution in [0.15, 0.2) is 65.5 Å². The van der Waals surface area contributed by atoms with Crippen LogP contribution in [0.25, 0.3) is 15.9 Å². The summed E-state index contributed by atoms with van der Waals surface area (Å²) >= 11 is 6.93. The standard InChI is InChI=1S/C24H17ClF4N2O3S/c1-13(22(32)30(2)19-6-4-3-5-17(19)26)34-15-8-10-20-21(12-15)35-23(33)31(20)18-9-7-14(11-16(18)25)24(27,28)29/h3-13H,1-2H3. The maximum absolute atomic E-state index is 14.0. The highest BCUT2D eigenvalue weighted by atomic mass is 35.5. The number of thiazole rings is 1. The molecule has 0 N–H and O–H groups in total. The van der Waals surface area contributed by atoms with Crippen LogP contribution in [-0.2, 0) is 11.0 Å². The van der Waals surface area contributed by atoms with E-state index in [1.807, 2.05) is 0 Å². The Morgan fingerprint density at radius 2 is 1.83 bits per heavy atom. The van der Waals surface area contributed by atoms with E-state index in [1.165, 1.54) is 42.8 Å². The second-order valence-corrected chi connectivity index (χ2v) is 9.01. The van der Waals surface area contributed by atoms with Crippen LogP contribution in [0.2, 0.25) is 5.02 Å². The van der Waals surface area contributed by atoms with Gasteiger partial charge in [-0.1, -0.05) is 35.1 Å². The molecule has 0 bridgehead atoms. The van der Waals surface area contributed by atoms with Gasteiger partial charge in [-0.05, 0) is 55.5 Å². The van der Waals surface area contributed by atoms with Crippen LogP contribution in [0.1, 0.15) is 12.5 Å². The number of likely N-dealkylation sites (N-methyl/N-ethyl adjacent to an activating group) is 1. The van der Waals surface area contributed by atoms with E-state index in [0.29, 0.717) is 10.2 Å². The quantitative estimate of drug-likeness (QED) is 0.288. The number of nitrogens with zero attached hydrogens (tertiary/aromatic N) is 2. The van der Waals surface area contributed by atoms with E-state index in [4.69, 9.17) is 16.3 Å². The number of alkyl halides is 3. The van der Waals surface area contributed by atoms with Gasteiger partial charge in [0.2, 0.25) is 0 Å². The number of carbonyl (C=O) groups is 1. The first-order chi connectivity index (χ1) is 16.5. The lowest BCUT2D eigenvalue weighted by Crippen LogP contribution is -2.38. The van der Waals surface area contributed by atoms with Gasteiger partial charge in [0.25, 0.3) is 5.91 Å². The van der Waals surface area contributed by atoms with Gasteiger partial charge in [0.05, 0.1) is 32.2 Å². The first-order valence-electron chi connectivity index (χ1n) is 10.2. The van der Waals surface area contributed by atoms with Gasteiger partial charge in [-0.2, -0.15) is 13.2 Å². The minimum atomic E-state index is -4.56. The number of rotatable bonds is 5. The molecular weight excluding hydrogens is 508 g/mol. The monoisotopic (exact) mass is 524 g/mol. The lowest BCUT2D eigenvalue weighted by atomic mass is 10.2. The fraction of sp³-hybridized carbons (Fsp3) is 0.167. The predicted octanol–water partition coefficient (Wildman–Crippen LogP) is 6.29. The summed E-state index contributed by atoms with van der Waals surface area (Å²) in [5.74, 6) is -0.755. The lowest BCUT2D eigenvalue weighted by molar-refractivity contribution is -0.137. The van der Waals surface area contributed by atoms with Crippen molar-refractivity contribution in [2.24, 2.45) is 0 Å². The third-order valence-corrected chi connectivity index (χ3v) is 6.48. The number of anilines is 1. The Morgan fingerprint density at radius 1 is 1.11 bits per heavy atom. The zero-order chi connectivity index (χ0) is 25.5. The van der Waals surface area contributed by atoms with E-state index in [1.54, 1.807) is 18.2 Å². The van der Waals surface area contributed by atoms with Gasteiger partial charge in [-0.15, -0.1) is 0 Å². The van der Waals surface area contributed by atoms with Gasteiger partial charge in [-0.3, -0.25) is 14.2 Å². The largest absolute Gasteiger partial charge is 0.481 e. The molecule has 4 aromatic rings. The van der Waals surface area contributed by atoms with Crippen LogP contribution in [0, 0.1) is 5.82 Å². The van der Waals surface area contributed by atoms with Crippen LogP contribution < -0.4 is 14.5 Å². The summed E-state index contributed by atoms with van der Waals surface area (Å²) in [6, 6.07) is 13.2. The number of para-hydroxylation sites is 1. The minimum absolute atomic E-state index is 0.104. The van der Waals surface area contributed by atoms with Crippen molar-refractivity contribution in [3.8, 4) is 11.4 Å². The predicted molar refractivity (Wildman–Crippen MR) is 127 cm³/mol. The molecule has 0 aliphatic rings. The molecule has 0 radical (unpaired) electrons. The molecule has 1 unspecified atom stereocenters. The van der Waals surface area contributed by atoms with Crippen LogP contribution in [0.3, 0.4) is 0 Å². The van der Waals surface area contributed by atoms with E-state index in [-0.39, 0.29) is 22.1 Å². The van der Waals surface area contributed by atoms with Gasteiger partial charge < -0.3 is 9.64 Å². The minimum Gasteiger partial charge on any atom is -0.481 e. The molecule has 0 aliphatic heterocycles.